The smallest absolute Gasteiger partial charge is 0.338 e. The fourth-order valence-corrected chi connectivity index (χ4v) is 5.73. The van der Waals surface area contributed by atoms with Crippen LogP contribution in [0.5, 0.6) is 17.2 Å². The summed E-state index contributed by atoms with van der Waals surface area (Å²) in [6, 6.07) is 21.4. The van der Waals surface area contributed by atoms with Gasteiger partial charge in [-0.2, -0.15) is 0 Å². The number of hydrogen-bond acceptors (Lipinski definition) is 8. The molecule has 1 unspecified atom stereocenters. The van der Waals surface area contributed by atoms with Crippen LogP contribution in [0.2, 0.25) is 0 Å². The molecule has 9 heteroatoms. The molecule has 2 heterocycles. The lowest BCUT2D eigenvalue weighted by Crippen LogP contribution is -2.40. The van der Waals surface area contributed by atoms with E-state index >= 15 is 0 Å². The predicted molar refractivity (Wildman–Crippen MR) is 154 cm³/mol. The largest absolute Gasteiger partial charge is 0.497 e. The van der Waals surface area contributed by atoms with Crippen molar-refractivity contribution < 1.29 is 23.7 Å². The standard InChI is InChI=1S/C31H28N2O6S/c1-5-39-30(35)25-26(19-11-7-6-8-12-19)32-31-33(27(25)20-13-9-15-22(17-20)36-2)29(34)24(40-31)18-21-14-10-16-23(37-3)28(21)38-4/h6-18,27H,5H2,1-4H3/b24-18-. The van der Waals surface area contributed by atoms with Crippen LogP contribution < -0.4 is 29.1 Å². The molecule has 8 nitrogen and oxygen atoms in total. The van der Waals surface area contributed by atoms with E-state index in [4.69, 9.17) is 23.9 Å². The Morgan fingerprint density at radius 2 is 1.75 bits per heavy atom. The maximum atomic E-state index is 14.1. The van der Waals surface area contributed by atoms with Gasteiger partial charge >= 0.3 is 5.97 Å². The SMILES string of the molecule is CCOC(=O)C1=C(c2ccccc2)N=c2s/c(=C\c3cccc(OC)c3OC)c(=O)n2C1c1cccc(OC)c1. The minimum atomic E-state index is -0.796. The highest BCUT2D eigenvalue weighted by Crippen LogP contribution is 2.36. The Labute approximate surface area is 235 Å². The molecule has 0 spiro atoms. The molecule has 0 fully saturated rings. The molecule has 0 amide bonds. The van der Waals surface area contributed by atoms with Crippen molar-refractivity contribution in [3.8, 4) is 17.2 Å². The van der Waals surface area contributed by atoms with Gasteiger partial charge in [-0.25, -0.2) is 9.79 Å². The minimum Gasteiger partial charge on any atom is -0.497 e. The fourth-order valence-electron chi connectivity index (χ4n) is 4.73. The summed E-state index contributed by atoms with van der Waals surface area (Å²) in [5.41, 5.74) is 2.55. The number of fused-ring (bicyclic) bond motifs is 1. The molecule has 0 aliphatic carbocycles. The third kappa shape index (κ3) is 4.91. The Bertz CT molecular complexity index is 1770. The van der Waals surface area contributed by atoms with Crippen LogP contribution in [0.15, 0.2) is 88.2 Å². The molecule has 5 rings (SSSR count). The zero-order chi connectivity index (χ0) is 28.2. The van der Waals surface area contributed by atoms with Crippen LogP contribution in [0, 0.1) is 0 Å². The predicted octanol–water partition coefficient (Wildman–Crippen LogP) is 3.96. The van der Waals surface area contributed by atoms with E-state index in [-0.39, 0.29) is 17.7 Å². The number of hydrogen-bond donors (Lipinski definition) is 0. The molecular formula is C31H28N2O6S. The number of esters is 1. The molecule has 1 atom stereocenters. The Kier molecular flexibility index (Phi) is 7.84. The summed E-state index contributed by atoms with van der Waals surface area (Å²) in [6.07, 6.45) is 1.75. The van der Waals surface area contributed by atoms with Gasteiger partial charge in [-0.3, -0.25) is 9.36 Å². The van der Waals surface area contributed by atoms with Crippen LogP contribution in [0.4, 0.5) is 0 Å². The summed E-state index contributed by atoms with van der Waals surface area (Å²) in [7, 11) is 4.69. The van der Waals surface area contributed by atoms with Crippen LogP contribution >= 0.6 is 11.3 Å². The topological polar surface area (TPSA) is 88.4 Å². The first-order chi connectivity index (χ1) is 19.5. The molecule has 0 saturated carbocycles. The van der Waals surface area contributed by atoms with E-state index in [2.05, 4.69) is 0 Å². The summed E-state index contributed by atoms with van der Waals surface area (Å²) in [4.78, 5) is 33.0. The van der Waals surface area contributed by atoms with E-state index in [1.165, 1.54) is 11.3 Å². The van der Waals surface area contributed by atoms with Crippen molar-refractivity contribution in [2.24, 2.45) is 4.99 Å². The van der Waals surface area contributed by atoms with E-state index in [0.717, 1.165) is 5.56 Å². The molecule has 4 aromatic rings. The van der Waals surface area contributed by atoms with Gasteiger partial charge in [0.25, 0.3) is 5.56 Å². The molecule has 0 saturated heterocycles. The Morgan fingerprint density at radius 3 is 2.45 bits per heavy atom. The number of ether oxygens (including phenoxy) is 4. The van der Waals surface area contributed by atoms with E-state index in [1.54, 1.807) is 45.0 Å². The zero-order valence-corrected chi connectivity index (χ0v) is 23.4. The Balaban J connectivity index is 1.84. The van der Waals surface area contributed by atoms with Gasteiger partial charge in [0.05, 0.1) is 49.8 Å². The third-order valence-electron chi connectivity index (χ3n) is 6.50. The normalized spacial score (nSPS) is 14.8. The molecule has 40 heavy (non-hydrogen) atoms. The molecule has 204 valence electrons. The Morgan fingerprint density at radius 1 is 0.975 bits per heavy atom. The van der Waals surface area contributed by atoms with E-state index in [9.17, 15) is 9.59 Å². The van der Waals surface area contributed by atoms with Gasteiger partial charge in [-0.05, 0) is 36.8 Å². The van der Waals surface area contributed by atoms with Crippen molar-refractivity contribution in [2.75, 3.05) is 27.9 Å². The third-order valence-corrected chi connectivity index (χ3v) is 7.49. The van der Waals surface area contributed by atoms with Crippen LogP contribution in [-0.4, -0.2) is 38.5 Å². The van der Waals surface area contributed by atoms with Crippen molar-refractivity contribution in [3.63, 3.8) is 0 Å². The summed E-state index contributed by atoms with van der Waals surface area (Å²) < 4.78 is 24.0. The second kappa shape index (κ2) is 11.6. The van der Waals surface area contributed by atoms with Gasteiger partial charge in [0, 0.05) is 11.1 Å². The monoisotopic (exact) mass is 556 g/mol. The van der Waals surface area contributed by atoms with Crippen LogP contribution in [0.1, 0.15) is 29.7 Å². The first-order valence-electron chi connectivity index (χ1n) is 12.6. The number of rotatable bonds is 8. The van der Waals surface area contributed by atoms with Gasteiger partial charge < -0.3 is 18.9 Å². The summed E-state index contributed by atoms with van der Waals surface area (Å²) in [6.45, 7) is 1.92. The van der Waals surface area contributed by atoms with Crippen molar-refractivity contribution in [3.05, 3.63) is 115 Å². The van der Waals surface area contributed by atoms with Crippen LogP contribution in [0.3, 0.4) is 0 Å². The number of para-hydroxylation sites is 1. The first kappa shape index (κ1) is 27.0. The second-order valence-corrected chi connectivity index (χ2v) is 9.80. The van der Waals surface area contributed by atoms with Crippen molar-refractivity contribution in [2.45, 2.75) is 13.0 Å². The number of carbonyl (C=O) groups excluding carboxylic acids is 1. The van der Waals surface area contributed by atoms with Crippen molar-refractivity contribution in [1.29, 1.82) is 0 Å². The second-order valence-electron chi connectivity index (χ2n) is 8.79. The van der Waals surface area contributed by atoms with E-state index < -0.39 is 12.0 Å². The summed E-state index contributed by atoms with van der Waals surface area (Å²) >= 11 is 1.24. The number of methoxy groups -OCH3 is 3. The number of nitrogens with zero attached hydrogens (tertiary/aromatic N) is 2. The maximum absolute atomic E-state index is 14.1. The van der Waals surface area contributed by atoms with Gasteiger partial charge in [-0.1, -0.05) is 65.9 Å². The van der Waals surface area contributed by atoms with Gasteiger partial charge in [-0.15, -0.1) is 0 Å². The lowest BCUT2D eigenvalue weighted by molar-refractivity contribution is -0.138. The van der Waals surface area contributed by atoms with Crippen molar-refractivity contribution >= 4 is 29.1 Å². The number of carbonyl (C=O) groups is 1. The van der Waals surface area contributed by atoms with Crippen molar-refractivity contribution in [1.82, 2.24) is 4.57 Å². The fraction of sp³-hybridized carbons (Fsp3) is 0.194. The highest BCUT2D eigenvalue weighted by Gasteiger charge is 2.35. The lowest BCUT2D eigenvalue weighted by atomic mass is 9.93. The zero-order valence-electron chi connectivity index (χ0n) is 22.5. The molecule has 3 aromatic carbocycles. The minimum absolute atomic E-state index is 0.176. The molecule has 0 bridgehead atoms. The number of aromatic nitrogens is 1. The molecule has 0 N–H and O–H groups in total. The molecular weight excluding hydrogens is 528 g/mol. The molecule has 1 aliphatic rings. The van der Waals surface area contributed by atoms with E-state index in [1.807, 2.05) is 66.7 Å². The highest BCUT2D eigenvalue weighted by molar-refractivity contribution is 7.07. The maximum Gasteiger partial charge on any atom is 0.338 e. The van der Waals surface area contributed by atoms with E-state index in [0.29, 0.717) is 43.4 Å². The van der Waals surface area contributed by atoms with Gasteiger partial charge in [0.2, 0.25) is 0 Å². The Hall–Kier alpha value is -4.63. The van der Waals surface area contributed by atoms with Crippen LogP contribution in [-0.2, 0) is 9.53 Å². The van der Waals surface area contributed by atoms with Gasteiger partial charge in [0.15, 0.2) is 16.3 Å². The first-order valence-corrected chi connectivity index (χ1v) is 13.5. The average Bonchev–Trinajstić information content (AvgIpc) is 3.30. The summed E-state index contributed by atoms with van der Waals surface area (Å²) in [5.74, 6) is 1.12. The quantitative estimate of drug-likeness (QED) is 0.306. The highest BCUT2D eigenvalue weighted by atomic mass is 32.1. The van der Waals surface area contributed by atoms with Crippen LogP contribution in [0.25, 0.3) is 11.8 Å². The lowest BCUT2D eigenvalue weighted by Gasteiger charge is -2.26. The summed E-state index contributed by atoms with van der Waals surface area (Å²) in [5, 5.41) is 0. The molecule has 1 aliphatic heterocycles. The molecule has 1 aromatic heterocycles. The average molecular weight is 557 g/mol. The molecule has 0 radical (unpaired) electrons. The van der Waals surface area contributed by atoms with Gasteiger partial charge in [0.1, 0.15) is 5.75 Å². The number of thiazole rings is 1. The number of benzene rings is 3.